The van der Waals surface area contributed by atoms with Gasteiger partial charge in [0, 0.05) is 35.4 Å². The first kappa shape index (κ1) is 16.9. The molecule has 0 radical (unpaired) electrons. The van der Waals surface area contributed by atoms with Gasteiger partial charge in [-0.15, -0.1) is 0 Å². The maximum Gasteiger partial charge on any atom is 0.270 e. The van der Waals surface area contributed by atoms with Crippen LogP contribution in [0.25, 0.3) is 22.6 Å². The van der Waals surface area contributed by atoms with Crippen LogP contribution in [0.1, 0.15) is 0 Å². The Kier molecular flexibility index (Phi) is 4.43. The van der Waals surface area contributed by atoms with Crippen LogP contribution in [0.5, 0.6) is 0 Å². The van der Waals surface area contributed by atoms with E-state index in [4.69, 9.17) is 27.6 Å². The average Bonchev–Trinajstić information content (AvgIpc) is 3.03. The molecule has 0 bridgehead atoms. The van der Waals surface area contributed by atoms with Crippen molar-refractivity contribution >= 4 is 34.6 Å². The molecule has 7 nitrogen and oxygen atoms in total. The van der Waals surface area contributed by atoms with E-state index in [0.717, 1.165) is 0 Å². The summed E-state index contributed by atoms with van der Waals surface area (Å²) in [5.74, 6) is 0.786. The molecule has 0 spiro atoms. The number of rotatable bonds is 4. The molecule has 0 fully saturated rings. The summed E-state index contributed by atoms with van der Waals surface area (Å²) in [6.07, 6.45) is 0. The smallest absolute Gasteiger partial charge is 0.270 e. The van der Waals surface area contributed by atoms with E-state index in [9.17, 15) is 20.2 Å². The molecular weight excluding hydrogens is 371 g/mol. The first-order valence-corrected chi connectivity index (χ1v) is 7.61. The second-order valence-electron chi connectivity index (χ2n) is 5.01. The Balaban J connectivity index is 1.98. The fourth-order valence-corrected chi connectivity index (χ4v) is 2.80. The Morgan fingerprint density at radius 3 is 1.44 bits per heavy atom. The Morgan fingerprint density at radius 1 is 0.720 bits per heavy atom. The van der Waals surface area contributed by atoms with Crippen LogP contribution >= 0.6 is 23.2 Å². The van der Waals surface area contributed by atoms with Crippen molar-refractivity contribution in [2.45, 2.75) is 0 Å². The van der Waals surface area contributed by atoms with Crippen LogP contribution in [0.4, 0.5) is 11.4 Å². The minimum Gasteiger partial charge on any atom is -0.456 e. The highest BCUT2D eigenvalue weighted by Gasteiger charge is 2.16. The van der Waals surface area contributed by atoms with Crippen molar-refractivity contribution in [3.63, 3.8) is 0 Å². The topological polar surface area (TPSA) is 99.4 Å². The molecular formula is C16H8Cl2N2O5. The number of hydrogen-bond donors (Lipinski definition) is 0. The van der Waals surface area contributed by atoms with Gasteiger partial charge in [0.2, 0.25) is 0 Å². The van der Waals surface area contributed by atoms with Crippen molar-refractivity contribution in [1.29, 1.82) is 0 Å². The number of hydrogen-bond acceptors (Lipinski definition) is 5. The molecule has 0 aliphatic carbocycles. The SMILES string of the molecule is O=[N+]([O-])c1ccc(-c2ccc(-c3ccc([N+](=O)[O-])cc3Cl)o2)c(Cl)c1. The van der Waals surface area contributed by atoms with Crippen LogP contribution < -0.4 is 0 Å². The average molecular weight is 379 g/mol. The molecule has 0 saturated carbocycles. The number of furan rings is 1. The number of benzene rings is 2. The fraction of sp³-hybridized carbons (Fsp3) is 0. The Bertz CT molecular complexity index is 922. The van der Waals surface area contributed by atoms with E-state index < -0.39 is 9.85 Å². The van der Waals surface area contributed by atoms with E-state index >= 15 is 0 Å². The monoisotopic (exact) mass is 378 g/mol. The number of nitrogens with zero attached hydrogens (tertiary/aromatic N) is 2. The molecule has 0 N–H and O–H groups in total. The van der Waals surface area contributed by atoms with Crippen molar-refractivity contribution in [1.82, 2.24) is 0 Å². The molecule has 0 aliphatic heterocycles. The second kappa shape index (κ2) is 6.54. The molecule has 0 amide bonds. The third-order valence-electron chi connectivity index (χ3n) is 3.46. The Hall–Kier alpha value is -2.90. The number of halogens is 2. The third-order valence-corrected chi connectivity index (χ3v) is 4.09. The number of non-ortho nitro benzene ring substituents is 2. The lowest BCUT2D eigenvalue weighted by Gasteiger charge is -2.03. The molecule has 25 heavy (non-hydrogen) atoms. The Labute approximate surface area is 150 Å². The van der Waals surface area contributed by atoms with E-state index in [1.807, 2.05) is 0 Å². The van der Waals surface area contributed by atoms with E-state index in [1.165, 1.54) is 36.4 Å². The maximum absolute atomic E-state index is 10.8. The summed E-state index contributed by atoms with van der Waals surface area (Å²) < 4.78 is 5.71. The molecule has 1 heterocycles. The van der Waals surface area contributed by atoms with Gasteiger partial charge >= 0.3 is 0 Å². The van der Waals surface area contributed by atoms with Gasteiger partial charge < -0.3 is 4.42 Å². The van der Waals surface area contributed by atoms with Gasteiger partial charge in [0.1, 0.15) is 11.5 Å². The zero-order valence-electron chi connectivity index (χ0n) is 12.3. The first-order valence-electron chi connectivity index (χ1n) is 6.85. The molecule has 126 valence electrons. The fourth-order valence-electron chi connectivity index (χ4n) is 2.26. The zero-order valence-corrected chi connectivity index (χ0v) is 13.8. The van der Waals surface area contributed by atoms with Gasteiger partial charge in [0.25, 0.3) is 11.4 Å². The van der Waals surface area contributed by atoms with Crippen molar-refractivity contribution in [2.24, 2.45) is 0 Å². The summed E-state index contributed by atoms with van der Waals surface area (Å²) in [5.41, 5.74) is 0.714. The van der Waals surface area contributed by atoms with Crippen LogP contribution in [0.15, 0.2) is 52.9 Å². The summed E-state index contributed by atoms with van der Waals surface area (Å²) in [5, 5.41) is 21.9. The van der Waals surface area contributed by atoms with E-state index in [2.05, 4.69) is 0 Å². The Morgan fingerprint density at radius 2 is 1.12 bits per heavy atom. The second-order valence-corrected chi connectivity index (χ2v) is 5.82. The van der Waals surface area contributed by atoms with Gasteiger partial charge in [-0.25, -0.2) is 0 Å². The molecule has 2 aromatic carbocycles. The molecule has 3 aromatic rings. The van der Waals surface area contributed by atoms with Gasteiger partial charge in [-0.3, -0.25) is 20.2 Å². The van der Waals surface area contributed by atoms with E-state index in [0.29, 0.717) is 22.6 Å². The molecule has 1 aromatic heterocycles. The lowest BCUT2D eigenvalue weighted by atomic mass is 10.1. The predicted molar refractivity (Wildman–Crippen MR) is 92.9 cm³/mol. The van der Waals surface area contributed by atoms with Crippen molar-refractivity contribution in [2.75, 3.05) is 0 Å². The van der Waals surface area contributed by atoms with Crippen LogP contribution in [-0.4, -0.2) is 9.85 Å². The summed E-state index contributed by atoms with van der Waals surface area (Å²) in [4.78, 5) is 20.4. The molecule has 3 rings (SSSR count). The van der Waals surface area contributed by atoms with Gasteiger partial charge in [-0.05, 0) is 24.3 Å². The third kappa shape index (κ3) is 3.33. The molecule has 0 aliphatic rings. The summed E-state index contributed by atoms with van der Waals surface area (Å²) in [7, 11) is 0. The van der Waals surface area contributed by atoms with Crippen LogP contribution in [0, 0.1) is 20.2 Å². The quantitative estimate of drug-likeness (QED) is 0.425. The van der Waals surface area contributed by atoms with Gasteiger partial charge in [0.15, 0.2) is 0 Å². The molecule has 9 heteroatoms. The summed E-state index contributed by atoms with van der Waals surface area (Å²) in [6, 6.07) is 11.4. The first-order chi connectivity index (χ1) is 11.9. The lowest BCUT2D eigenvalue weighted by Crippen LogP contribution is -1.88. The zero-order chi connectivity index (χ0) is 18.1. The highest BCUT2D eigenvalue weighted by atomic mass is 35.5. The highest BCUT2D eigenvalue weighted by Crippen LogP contribution is 2.37. The number of nitro groups is 2. The van der Waals surface area contributed by atoms with Crippen LogP contribution in [-0.2, 0) is 0 Å². The standard InChI is InChI=1S/C16H8Cl2N2O5/c17-13-7-9(19(21)22)1-3-11(13)15-5-6-16(25-15)12-4-2-10(20(23)24)8-14(12)18/h1-8H. The van der Waals surface area contributed by atoms with Crippen LogP contribution in [0.2, 0.25) is 10.0 Å². The van der Waals surface area contributed by atoms with Crippen molar-refractivity contribution in [3.05, 3.63) is 78.8 Å². The summed E-state index contributed by atoms with van der Waals surface area (Å²) in [6.45, 7) is 0. The van der Waals surface area contributed by atoms with Gasteiger partial charge in [0.05, 0.1) is 19.9 Å². The molecule has 0 atom stereocenters. The maximum atomic E-state index is 10.8. The molecule has 0 unspecified atom stereocenters. The highest BCUT2D eigenvalue weighted by molar-refractivity contribution is 6.34. The van der Waals surface area contributed by atoms with Crippen LogP contribution in [0.3, 0.4) is 0 Å². The van der Waals surface area contributed by atoms with Gasteiger partial charge in [-0.2, -0.15) is 0 Å². The van der Waals surface area contributed by atoms with Crippen molar-refractivity contribution in [3.8, 4) is 22.6 Å². The number of nitro benzene ring substituents is 2. The lowest BCUT2D eigenvalue weighted by molar-refractivity contribution is -0.385. The predicted octanol–water partition coefficient (Wildman–Crippen LogP) is 5.74. The normalized spacial score (nSPS) is 10.6. The minimum atomic E-state index is -0.542. The molecule has 0 saturated heterocycles. The minimum absolute atomic E-state index is 0.126. The largest absolute Gasteiger partial charge is 0.456 e. The van der Waals surface area contributed by atoms with E-state index in [-0.39, 0.29) is 21.4 Å². The summed E-state index contributed by atoms with van der Waals surface area (Å²) >= 11 is 12.2. The van der Waals surface area contributed by atoms with Crippen molar-refractivity contribution < 1.29 is 14.3 Å². The van der Waals surface area contributed by atoms with Gasteiger partial charge in [-0.1, -0.05) is 23.2 Å². The van der Waals surface area contributed by atoms with E-state index in [1.54, 1.807) is 12.1 Å².